The van der Waals surface area contributed by atoms with E-state index in [2.05, 4.69) is 10.4 Å². The molecule has 3 aromatic rings. The van der Waals surface area contributed by atoms with E-state index in [4.69, 9.17) is 11.6 Å². The van der Waals surface area contributed by atoms with Gasteiger partial charge in [-0.2, -0.15) is 18.3 Å². The van der Waals surface area contributed by atoms with Crippen LogP contribution in [-0.4, -0.2) is 20.6 Å². The Morgan fingerprint density at radius 2 is 1.90 bits per heavy atom. The standard InChI is InChI=1S/C20H16ClF3N4O3/c1-11-7-12(2)27(26-11)14-4-3-13(17(9-14)20(22,23)24)10-25-19(29)16-8-15(28(30)31)5-6-18(16)21/h3-9H,10H2,1-2H3,(H,25,29). The summed E-state index contributed by atoms with van der Waals surface area (Å²) in [6.07, 6.45) is -4.67. The van der Waals surface area contributed by atoms with Crippen LogP contribution in [0.1, 0.15) is 32.9 Å². The number of halogens is 4. The summed E-state index contributed by atoms with van der Waals surface area (Å²) in [5.74, 6) is -0.829. The summed E-state index contributed by atoms with van der Waals surface area (Å²) in [6, 6.07) is 8.69. The van der Waals surface area contributed by atoms with Crippen LogP contribution in [0.15, 0.2) is 42.5 Å². The SMILES string of the molecule is Cc1cc(C)n(-c2ccc(CNC(=O)c3cc([N+](=O)[O-])ccc3Cl)c(C(F)(F)F)c2)n1. The molecule has 1 amide bonds. The largest absolute Gasteiger partial charge is 0.416 e. The van der Waals surface area contributed by atoms with E-state index >= 15 is 0 Å². The van der Waals surface area contributed by atoms with Gasteiger partial charge in [0.15, 0.2) is 0 Å². The summed E-state index contributed by atoms with van der Waals surface area (Å²) < 4.78 is 42.4. The van der Waals surface area contributed by atoms with Crippen molar-refractivity contribution in [3.05, 3.63) is 85.7 Å². The molecule has 0 atom stereocenters. The Morgan fingerprint density at radius 1 is 1.19 bits per heavy atom. The third kappa shape index (κ3) is 4.85. The number of carbonyl (C=O) groups excluding carboxylic acids is 1. The van der Waals surface area contributed by atoms with E-state index < -0.39 is 29.1 Å². The zero-order valence-corrected chi connectivity index (χ0v) is 17.1. The number of nitro groups is 1. The first kappa shape index (κ1) is 22.3. The number of non-ortho nitro benzene ring substituents is 1. The fourth-order valence-corrected chi connectivity index (χ4v) is 3.28. The number of aryl methyl sites for hydroxylation is 2. The highest BCUT2D eigenvalue weighted by atomic mass is 35.5. The third-order valence-electron chi connectivity index (χ3n) is 4.50. The molecule has 0 aliphatic rings. The van der Waals surface area contributed by atoms with Crippen LogP contribution >= 0.6 is 11.6 Å². The topological polar surface area (TPSA) is 90.1 Å². The number of hydrogen-bond acceptors (Lipinski definition) is 4. The second kappa shape index (κ2) is 8.38. The molecule has 0 aliphatic carbocycles. The van der Waals surface area contributed by atoms with Gasteiger partial charge < -0.3 is 5.32 Å². The van der Waals surface area contributed by atoms with Crippen molar-refractivity contribution in [2.75, 3.05) is 0 Å². The molecule has 11 heteroatoms. The van der Waals surface area contributed by atoms with Crippen LogP contribution in [0.4, 0.5) is 18.9 Å². The maximum absolute atomic E-state index is 13.7. The maximum Gasteiger partial charge on any atom is 0.416 e. The number of nitrogens with zero attached hydrogens (tertiary/aromatic N) is 3. The number of amides is 1. The lowest BCUT2D eigenvalue weighted by atomic mass is 10.1. The van der Waals surface area contributed by atoms with Crippen LogP contribution in [0.2, 0.25) is 5.02 Å². The van der Waals surface area contributed by atoms with Crippen molar-refractivity contribution < 1.29 is 22.9 Å². The smallest absolute Gasteiger partial charge is 0.348 e. The molecule has 31 heavy (non-hydrogen) atoms. The summed E-state index contributed by atoms with van der Waals surface area (Å²) in [5, 5.41) is 17.4. The first-order valence-electron chi connectivity index (χ1n) is 8.93. The van der Waals surface area contributed by atoms with Crippen molar-refractivity contribution >= 4 is 23.2 Å². The Labute approximate surface area is 179 Å². The zero-order chi connectivity index (χ0) is 22.9. The fourth-order valence-electron chi connectivity index (χ4n) is 3.08. The van der Waals surface area contributed by atoms with Gasteiger partial charge >= 0.3 is 6.18 Å². The van der Waals surface area contributed by atoms with Gasteiger partial charge in [-0.15, -0.1) is 0 Å². The summed E-state index contributed by atoms with van der Waals surface area (Å²) >= 11 is 5.91. The summed E-state index contributed by atoms with van der Waals surface area (Å²) in [6.45, 7) is 3.01. The molecule has 0 spiro atoms. The molecule has 0 saturated carbocycles. The van der Waals surface area contributed by atoms with Crippen LogP contribution in [0.5, 0.6) is 0 Å². The van der Waals surface area contributed by atoms with Crippen molar-refractivity contribution in [2.24, 2.45) is 0 Å². The number of nitro benzene ring substituents is 1. The molecule has 0 unspecified atom stereocenters. The predicted molar refractivity (Wildman–Crippen MR) is 107 cm³/mol. The number of aromatic nitrogens is 2. The van der Waals surface area contributed by atoms with Gasteiger partial charge in [-0.1, -0.05) is 17.7 Å². The van der Waals surface area contributed by atoms with Crippen LogP contribution in [0.3, 0.4) is 0 Å². The average molecular weight is 453 g/mol. The fraction of sp³-hybridized carbons (Fsp3) is 0.200. The second-order valence-electron chi connectivity index (χ2n) is 6.78. The molecule has 0 saturated heterocycles. The Balaban J connectivity index is 1.89. The quantitative estimate of drug-likeness (QED) is 0.435. The minimum atomic E-state index is -4.67. The summed E-state index contributed by atoms with van der Waals surface area (Å²) in [4.78, 5) is 22.6. The lowest BCUT2D eigenvalue weighted by Gasteiger charge is -2.16. The van der Waals surface area contributed by atoms with Gasteiger partial charge in [0.2, 0.25) is 0 Å². The van der Waals surface area contributed by atoms with Gasteiger partial charge in [-0.3, -0.25) is 14.9 Å². The highest BCUT2D eigenvalue weighted by Gasteiger charge is 2.34. The molecule has 2 aromatic carbocycles. The molecule has 1 heterocycles. The molecule has 0 radical (unpaired) electrons. The Hall–Kier alpha value is -3.40. The van der Waals surface area contributed by atoms with E-state index in [-0.39, 0.29) is 27.5 Å². The lowest BCUT2D eigenvalue weighted by Crippen LogP contribution is -2.25. The molecular weight excluding hydrogens is 437 g/mol. The van der Waals surface area contributed by atoms with Gasteiger partial charge in [-0.25, -0.2) is 4.68 Å². The maximum atomic E-state index is 13.7. The number of hydrogen-bond donors (Lipinski definition) is 1. The molecule has 0 aliphatic heterocycles. The molecule has 162 valence electrons. The number of carbonyl (C=O) groups is 1. The first-order valence-corrected chi connectivity index (χ1v) is 9.31. The molecule has 0 fully saturated rings. The molecule has 1 aromatic heterocycles. The van der Waals surface area contributed by atoms with Crippen molar-refractivity contribution in [3.63, 3.8) is 0 Å². The monoisotopic (exact) mass is 452 g/mol. The normalized spacial score (nSPS) is 11.4. The van der Waals surface area contributed by atoms with Crippen LogP contribution in [0, 0.1) is 24.0 Å². The number of benzene rings is 2. The number of nitrogens with one attached hydrogen (secondary N) is 1. The van der Waals surface area contributed by atoms with Gasteiger partial charge in [-0.05, 0) is 43.7 Å². The third-order valence-corrected chi connectivity index (χ3v) is 4.83. The number of alkyl halides is 3. The van der Waals surface area contributed by atoms with E-state index in [0.717, 1.165) is 18.2 Å². The van der Waals surface area contributed by atoms with Crippen molar-refractivity contribution in [2.45, 2.75) is 26.6 Å². The highest BCUT2D eigenvalue weighted by Crippen LogP contribution is 2.34. The Bertz CT molecular complexity index is 1170. The average Bonchev–Trinajstić information content (AvgIpc) is 3.03. The molecular formula is C20H16ClF3N4O3. The first-order chi connectivity index (χ1) is 14.5. The Kier molecular flexibility index (Phi) is 6.03. The zero-order valence-electron chi connectivity index (χ0n) is 16.3. The molecule has 7 nitrogen and oxygen atoms in total. The van der Waals surface area contributed by atoms with Crippen LogP contribution < -0.4 is 5.32 Å². The van der Waals surface area contributed by atoms with E-state index in [1.54, 1.807) is 19.9 Å². The molecule has 3 rings (SSSR count). The second-order valence-corrected chi connectivity index (χ2v) is 7.19. The van der Waals surface area contributed by atoms with Crippen LogP contribution in [0.25, 0.3) is 5.69 Å². The van der Waals surface area contributed by atoms with E-state index in [0.29, 0.717) is 11.4 Å². The summed E-state index contributed by atoms with van der Waals surface area (Å²) in [7, 11) is 0. The van der Waals surface area contributed by atoms with E-state index in [9.17, 15) is 28.1 Å². The lowest BCUT2D eigenvalue weighted by molar-refractivity contribution is -0.384. The minimum absolute atomic E-state index is 0.0565. The Morgan fingerprint density at radius 3 is 2.48 bits per heavy atom. The highest BCUT2D eigenvalue weighted by molar-refractivity contribution is 6.33. The minimum Gasteiger partial charge on any atom is -0.348 e. The van der Waals surface area contributed by atoms with Gasteiger partial charge in [0.25, 0.3) is 11.6 Å². The van der Waals surface area contributed by atoms with Gasteiger partial charge in [0.05, 0.1) is 32.5 Å². The van der Waals surface area contributed by atoms with Crippen LogP contribution in [-0.2, 0) is 12.7 Å². The van der Waals surface area contributed by atoms with Crippen molar-refractivity contribution in [3.8, 4) is 5.69 Å². The molecule has 1 N–H and O–H groups in total. The molecule has 0 bridgehead atoms. The van der Waals surface area contributed by atoms with E-state index in [1.165, 1.54) is 22.9 Å². The predicted octanol–water partition coefficient (Wildman–Crippen LogP) is 5.00. The summed E-state index contributed by atoms with van der Waals surface area (Å²) in [5.41, 5.74) is -0.0999. The van der Waals surface area contributed by atoms with Crippen molar-refractivity contribution in [1.82, 2.24) is 15.1 Å². The number of rotatable bonds is 5. The van der Waals surface area contributed by atoms with Crippen molar-refractivity contribution in [1.29, 1.82) is 0 Å². The van der Waals surface area contributed by atoms with Gasteiger partial charge in [0.1, 0.15) is 0 Å². The van der Waals surface area contributed by atoms with Gasteiger partial charge in [0, 0.05) is 24.4 Å². The van der Waals surface area contributed by atoms with E-state index in [1.807, 2.05) is 0 Å².